The first-order valence-electron chi connectivity index (χ1n) is 6.69. The molecule has 1 aromatic rings. The molecule has 0 aliphatic carbocycles. The molecule has 2 N–H and O–H groups in total. The third-order valence-electron chi connectivity index (χ3n) is 3.53. The Labute approximate surface area is 119 Å². The molecular weight excluding hydrogens is 288 g/mol. The predicted molar refractivity (Wildman–Crippen MR) is 69.0 cm³/mol. The van der Waals surface area contributed by atoms with Crippen LogP contribution < -0.4 is 10.6 Å². The molecule has 1 aliphatic heterocycles. The zero-order chi connectivity index (χ0) is 15.6. The van der Waals surface area contributed by atoms with Gasteiger partial charge in [-0.3, -0.25) is 4.79 Å². The Balaban J connectivity index is 2.12. The molecule has 0 saturated carbocycles. The second-order valence-corrected chi connectivity index (χ2v) is 5.12. The highest BCUT2D eigenvalue weighted by molar-refractivity contribution is 5.82. The fourth-order valence-electron chi connectivity index (χ4n) is 2.34. The van der Waals surface area contributed by atoms with Crippen LogP contribution >= 0.6 is 0 Å². The van der Waals surface area contributed by atoms with Crippen LogP contribution in [0.15, 0.2) is 18.2 Å². The van der Waals surface area contributed by atoms with Crippen molar-refractivity contribution in [2.24, 2.45) is 0 Å². The van der Waals surface area contributed by atoms with Crippen molar-refractivity contribution in [1.29, 1.82) is 0 Å². The van der Waals surface area contributed by atoms with Crippen molar-refractivity contribution in [3.63, 3.8) is 0 Å². The molecule has 1 heterocycles. The van der Waals surface area contributed by atoms with Gasteiger partial charge >= 0.3 is 6.18 Å². The molecule has 0 unspecified atom stereocenters. The van der Waals surface area contributed by atoms with Gasteiger partial charge < -0.3 is 10.6 Å². The summed E-state index contributed by atoms with van der Waals surface area (Å²) in [6.45, 7) is 2.32. The number of nitrogens with one attached hydrogen (secondary N) is 2. The highest BCUT2D eigenvalue weighted by Crippen LogP contribution is 2.33. The zero-order valence-corrected chi connectivity index (χ0v) is 11.4. The van der Waals surface area contributed by atoms with Crippen LogP contribution in [0.4, 0.5) is 17.6 Å². The Morgan fingerprint density at radius 3 is 2.71 bits per heavy atom. The van der Waals surface area contributed by atoms with Crippen LogP contribution in [0.25, 0.3) is 0 Å². The second-order valence-electron chi connectivity index (χ2n) is 5.12. The number of hydrogen-bond donors (Lipinski definition) is 2. The summed E-state index contributed by atoms with van der Waals surface area (Å²) in [5.41, 5.74) is -1.10. The van der Waals surface area contributed by atoms with E-state index >= 15 is 0 Å². The van der Waals surface area contributed by atoms with Gasteiger partial charge in [0, 0.05) is 0 Å². The van der Waals surface area contributed by atoms with Crippen LogP contribution in [0.5, 0.6) is 0 Å². The average Bonchev–Trinajstić information content (AvgIpc) is 2.91. The van der Waals surface area contributed by atoms with Crippen molar-refractivity contribution in [1.82, 2.24) is 10.6 Å². The van der Waals surface area contributed by atoms with Crippen molar-refractivity contribution < 1.29 is 22.4 Å². The van der Waals surface area contributed by atoms with E-state index in [1.165, 1.54) is 6.07 Å². The fourth-order valence-corrected chi connectivity index (χ4v) is 2.34. The lowest BCUT2D eigenvalue weighted by atomic mass is 10.0. The molecule has 21 heavy (non-hydrogen) atoms. The minimum Gasteiger partial charge on any atom is -0.348 e. The molecular formula is C14H16F4N2O. The Kier molecular flexibility index (Phi) is 4.51. The van der Waals surface area contributed by atoms with Gasteiger partial charge in [-0.25, -0.2) is 4.39 Å². The van der Waals surface area contributed by atoms with Crippen LogP contribution in [0.2, 0.25) is 0 Å². The van der Waals surface area contributed by atoms with Crippen molar-refractivity contribution >= 4 is 5.91 Å². The summed E-state index contributed by atoms with van der Waals surface area (Å²) in [5, 5.41) is 5.65. The van der Waals surface area contributed by atoms with E-state index in [0.717, 1.165) is 25.1 Å². The topological polar surface area (TPSA) is 41.1 Å². The minimum atomic E-state index is -4.75. The van der Waals surface area contributed by atoms with Crippen LogP contribution in [0.1, 0.15) is 36.9 Å². The summed E-state index contributed by atoms with van der Waals surface area (Å²) in [6.07, 6.45) is -3.16. The SMILES string of the molecule is C[C@H](NC(=O)[C@H]1CCCN1)c1ccc(F)c(C(F)(F)F)c1. The van der Waals surface area contributed by atoms with Crippen LogP contribution in [-0.4, -0.2) is 18.5 Å². The number of amides is 1. The van der Waals surface area contributed by atoms with Gasteiger partial charge in [-0.1, -0.05) is 6.07 Å². The monoisotopic (exact) mass is 304 g/mol. The van der Waals surface area contributed by atoms with Crippen LogP contribution in [-0.2, 0) is 11.0 Å². The van der Waals surface area contributed by atoms with Gasteiger partial charge in [0.05, 0.1) is 17.6 Å². The molecule has 1 aliphatic rings. The van der Waals surface area contributed by atoms with Crippen molar-refractivity contribution in [3.05, 3.63) is 35.1 Å². The maximum atomic E-state index is 13.2. The number of benzene rings is 1. The van der Waals surface area contributed by atoms with E-state index in [1.807, 2.05) is 0 Å². The lowest BCUT2D eigenvalue weighted by Gasteiger charge is -2.19. The van der Waals surface area contributed by atoms with Gasteiger partial charge in [0.15, 0.2) is 0 Å². The van der Waals surface area contributed by atoms with Crippen LogP contribution in [0.3, 0.4) is 0 Å². The smallest absolute Gasteiger partial charge is 0.348 e. The maximum Gasteiger partial charge on any atom is 0.419 e. The molecule has 1 fully saturated rings. The van der Waals surface area contributed by atoms with E-state index in [1.54, 1.807) is 6.92 Å². The average molecular weight is 304 g/mol. The van der Waals surface area contributed by atoms with Gasteiger partial charge in [-0.2, -0.15) is 13.2 Å². The van der Waals surface area contributed by atoms with E-state index < -0.39 is 23.6 Å². The minimum absolute atomic E-state index is 0.218. The molecule has 1 amide bonds. The normalized spacial score (nSPS) is 20.3. The van der Waals surface area contributed by atoms with Gasteiger partial charge in [-0.15, -0.1) is 0 Å². The number of carbonyl (C=O) groups is 1. The van der Waals surface area contributed by atoms with Crippen molar-refractivity contribution in [2.75, 3.05) is 6.54 Å². The standard InChI is InChI=1S/C14H16F4N2O/c1-8(20-13(21)12-3-2-6-19-12)9-4-5-11(15)10(7-9)14(16,17)18/h4-5,7-8,12,19H,2-3,6H2,1H3,(H,20,21)/t8-,12+/m0/s1. The van der Waals surface area contributed by atoms with Crippen LogP contribution in [0, 0.1) is 5.82 Å². The predicted octanol–water partition coefficient (Wildman–Crippen LogP) is 2.77. The van der Waals surface area contributed by atoms with E-state index in [0.29, 0.717) is 6.42 Å². The lowest BCUT2D eigenvalue weighted by Crippen LogP contribution is -2.41. The molecule has 1 saturated heterocycles. The Morgan fingerprint density at radius 2 is 2.14 bits per heavy atom. The van der Waals surface area contributed by atoms with Crippen molar-refractivity contribution in [3.8, 4) is 0 Å². The summed E-state index contributed by atoms with van der Waals surface area (Å²) in [6, 6.07) is 1.82. The molecule has 3 nitrogen and oxygen atoms in total. The van der Waals surface area contributed by atoms with Crippen molar-refractivity contribution in [2.45, 2.75) is 38.0 Å². The lowest BCUT2D eigenvalue weighted by molar-refractivity contribution is -0.140. The Hall–Kier alpha value is -1.63. The third-order valence-corrected chi connectivity index (χ3v) is 3.53. The Morgan fingerprint density at radius 1 is 1.43 bits per heavy atom. The summed E-state index contributed by atoms with van der Waals surface area (Å²) in [5.74, 6) is -1.57. The molecule has 0 spiro atoms. The molecule has 0 aromatic heterocycles. The molecule has 1 aromatic carbocycles. The van der Waals surface area contributed by atoms with Gasteiger partial charge in [0.25, 0.3) is 0 Å². The first-order valence-corrected chi connectivity index (χ1v) is 6.69. The number of alkyl halides is 3. The molecule has 116 valence electrons. The summed E-state index contributed by atoms with van der Waals surface area (Å²) < 4.78 is 51.2. The highest BCUT2D eigenvalue weighted by Gasteiger charge is 2.34. The second kappa shape index (κ2) is 6.01. The number of halogens is 4. The first kappa shape index (κ1) is 15.8. The quantitative estimate of drug-likeness (QED) is 0.843. The largest absolute Gasteiger partial charge is 0.419 e. The fraction of sp³-hybridized carbons (Fsp3) is 0.500. The first-order chi connectivity index (χ1) is 9.79. The van der Waals surface area contributed by atoms with E-state index in [2.05, 4.69) is 10.6 Å². The number of carbonyl (C=O) groups excluding carboxylic acids is 1. The van der Waals surface area contributed by atoms with Gasteiger partial charge in [-0.05, 0) is 44.0 Å². The third kappa shape index (κ3) is 3.72. The highest BCUT2D eigenvalue weighted by atomic mass is 19.4. The van der Waals surface area contributed by atoms with E-state index in [9.17, 15) is 22.4 Å². The number of hydrogen-bond acceptors (Lipinski definition) is 2. The summed E-state index contributed by atoms with van der Waals surface area (Å²) in [7, 11) is 0. The summed E-state index contributed by atoms with van der Waals surface area (Å²) >= 11 is 0. The maximum absolute atomic E-state index is 13.2. The van der Waals surface area contributed by atoms with E-state index in [-0.39, 0.29) is 17.5 Å². The van der Waals surface area contributed by atoms with E-state index in [4.69, 9.17) is 0 Å². The molecule has 2 rings (SSSR count). The zero-order valence-electron chi connectivity index (χ0n) is 11.4. The Bertz CT molecular complexity index is 524. The summed E-state index contributed by atoms with van der Waals surface area (Å²) in [4.78, 5) is 11.9. The van der Waals surface area contributed by atoms with Gasteiger partial charge in [0.1, 0.15) is 5.82 Å². The molecule has 0 radical (unpaired) electrons. The molecule has 2 atom stereocenters. The molecule has 7 heteroatoms. The number of rotatable bonds is 3. The molecule has 0 bridgehead atoms. The van der Waals surface area contributed by atoms with Gasteiger partial charge in [0.2, 0.25) is 5.91 Å².